The molecule has 0 saturated carbocycles. The largest absolute Gasteiger partial charge is 0.355 e. The topological polar surface area (TPSA) is 58.2 Å². The lowest BCUT2D eigenvalue weighted by atomic mass is 10.1. The number of carbonyl (C=O) groups is 2. The van der Waals surface area contributed by atoms with Gasteiger partial charge in [-0.3, -0.25) is 9.59 Å². The smallest absolute Gasteiger partial charge is 0.254 e. The number of nitrogens with one attached hydrogen (secondary N) is 2. The highest BCUT2D eigenvalue weighted by Gasteiger charge is 2.12. The molecule has 2 aromatic rings. The summed E-state index contributed by atoms with van der Waals surface area (Å²) in [7, 11) is 1.53. The number of halogens is 2. The van der Waals surface area contributed by atoms with Crippen molar-refractivity contribution in [3.8, 4) is 0 Å². The van der Waals surface area contributed by atoms with Gasteiger partial charge in [-0.05, 0) is 35.9 Å². The summed E-state index contributed by atoms with van der Waals surface area (Å²) in [5.41, 5.74) is 0.883. The molecular weight excluding hydrogens is 290 g/mol. The van der Waals surface area contributed by atoms with Crippen LogP contribution in [0, 0.1) is 11.6 Å². The molecule has 0 aliphatic carbocycles. The molecule has 6 heteroatoms. The van der Waals surface area contributed by atoms with Crippen LogP contribution in [0.3, 0.4) is 0 Å². The molecule has 0 spiro atoms. The highest BCUT2D eigenvalue weighted by molar-refractivity contribution is 5.95. The van der Waals surface area contributed by atoms with Crippen LogP contribution in [0.1, 0.15) is 26.3 Å². The number of rotatable bonds is 4. The summed E-state index contributed by atoms with van der Waals surface area (Å²) < 4.78 is 26.5. The number of benzene rings is 2. The van der Waals surface area contributed by atoms with Crippen LogP contribution in [0.15, 0.2) is 42.5 Å². The Labute approximate surface area is 126 Å². The molecule has 0 radical (unpaired) electrons. The first kappa shape index (κ1) is 15.6. The number of amides is 2. The lowest BCUT2D eigenvalue weighted by Gasteiger charge is -2.07. The standard InChI is InChI=1S/C16H14F2N2O2/c1-19-15(21)11-4-2-10(3-5-11)9-20-16(22)13-8-12(17)6-7-14(13)18/h2-8H,9H2,1H3,(H,19,21)(H,20,22). The molecule has 0 aliphatic heterocycles. The molecule has 0 aromatic heterocycles. The molecule has 0 heterocycles. The predicted molar refractivity (Wildman–Crippen MR) is 77.4 cm³/mol. The van der Waals surface area contributed by atoms with E-state index in [4.69, 9.17) is 0 Å². The zero-order valence-corrected chi connectivity index (χ0v) is 11.8. The van der Waals surface area contributed by atoms with Crippen LogP contribution in [0.5, 0.6) is 0 Å². The SMILES string of the molecule is CNC(=O)c1ccc(CNC(=O)c2cc(F)ccc2F)cc1. The van der Waals surface area contributed by atoms with E-state index in [1.165, 1.54) is 7.05 Å². The Kier molecular flexibility index (Phi) is 4.83. The summed E-state index contributed by atoms with van der Waals surface area (Å²) in [4.78, 5) is 23.2. The Morgan fingerprint density at radius 1 is 1.00 bits per heavy atom. The van der Waals surface area contributed by atoms with Crippen LogP contribution in [0.4, 0.5) is 8.78 Å². The summed E-state index contributed by atoms with van der Waals surface area (Å²) >= 11 is 0. The predicted octanol–water partition coefficient (Wildman–Crippen LogP) is 2.25. The van der Waals surface area contributed by atoms with Gasteiger partial charge in [-0.1, -0.05) is 12.1 Å². The summed E-state index contributed by atoms with van der Waals surface area (Å²) in [6.45, 7) is 0.142. The number of hydrogen-bond donors (Lipinski definition) is 2. The third kappa shape index (κ3) is 3.66. The van der Waals surface area contributed by atoms with Crippen LogP contribution in [-0.4, -0.2) is 18.9 Å². The van der Waals surface area contributed by atoms with Crippen molar-refractivity contribution < 1.29 is 18.4 Å². The molecule has 0 aliphatic rings. The van der Waals surface area contributed by atoms with E-state index < -0.39 is 17.5 Å². The Bertz CT molecular complexity index is 700. The van der Waals surface area contributed by atoms with E-state index in [0.29, 0.717) is 5.56 Å². The second-order valence-corrected chi connectivity index (χ2v) is 4.58. The third-order valence-corrected chi connectivity index (χ3v) is 3.07. The van der Waals surface area contributed by atoms with Gasteiger partial charge in [-0.25, -0.2) is 8.78 Å². The first-order chi connectivity index (χ1) is 10.5. The fourth-order valence-corrected chi connectivity index (χ4v) is 1.87. The van der Waals surface area contributed by atoms with E-state index in [2.05, 4.69) is 10.6 Å². The Balaban J connectivity index is 2.02. The van der Waals surface area contributed by atoms with Gasteiger partial charge in [0, 0.05) is 19.2 Å². The molecule has 0 fully saturated rings. The first-order valence-corrected chi connectivity index (χ1v) is 6.55. The molecule has 22 heavy (non-hydrogen) atoms. The monoisotopic (exact) mass is 304 g/mol. The molecule has 0 atom stereocenters. The highest BCUT2D eigenvalue weighted by Crippen LogP contribution is 2.10. The van der Waals surface area contributed by atoms with Crippen molar-refractivity contribution in [2.24, 2.45) is 0 Å². The maximum absolute atomic E-state index is 13.5. The van der Waals surface area contributed by atoms with E-state index in [9.17, 15) is 18.4 Å². The third-order valence-electron chi connectivity index (χ3n) is 3.07. The molecule has 114 valence electrons. The fourth-order valence-electron chi connectivity index (χ4n) is 1.87. The second kappa shape index (κ2) is 6.80. The fraction of sp³-hybridized carbons (Fsp3) is 0.125. The summed E-state index contributed by atoms with van der Waals surface area (Å²) in [5, 5.41) is 5.00. The van der Waals surface area contributed by atoms with Crippen molar-refractivity contribution in [3.63, 3.8) is 0 Å². The Morgan fingerprint density at radius 2 is 1.68 bits per heavy atom. The molecule has 2 aromatic carbocycles. The van der Waals surface area contributed by atoms with Crippen molar-refractivity contribution in [1.29, 1.82) is 0 Å². The van der Waals surface area contributed by atoms with Gasteiger partial charge in [-0.15, -0.1) is 0 Å². The molecule has 0 saturated heterocycles. The Hall–Kier alpha value is -2.76. The minimum atomic E-state index is -0.783. The van der Waals surface area contributed by atoms with E-state index in [0.717, 1.165) is 23.8 Å². The summed E-state index contributed by atoms with van der Waals surface area (Å²) in [5.74, 6) is -2.37. The average molecular weight is 304 g/mol. The normalized spacial score (nSPS) is 10.1. The highest BCUT2D eigenvalue weighted by atomic mass is 19.1. The van der Waals surface area contributed by atoms with Gasteiger partial charge in [0.15, 0.2) is 0 Å². The molecule has 4 nitrogen and oxygen atoms in total. The van der Waals surface area contributed by atoms with E-state index in [1.807, 2.05) is 0 Å². The van der Waals surface area contributed by atoms with Gasteiger partial charge in [0.2, 0.25) is 0 Å². The number of carbonyl (C=O) groups excluding carboxylic acids is 2. The summed E-state index contributed by atoms with van der Waals surface area (Å²) in [6.07, 6.45) is 0. The molecule has 0 unspecified atom stereocenters. The Morgan fingerprint density at radius 3 is 2.32 bits per heavy atom. The van der Waals surface area contributed by atoms with Gasteiger partial charge >= 0.3 is 0 Å². The summed E-state index contributed by atoms with van der Waals surface area (Å²) in [6, 6.07) is 9.27. The molecule has 0 bridgehead atoms. The molecule has 2 rings (SSSR count). The van der Waals surface area contributed by atoms with Crippen molar-refractivity contribution >= 4 is 11.8 Å². The van der Waals surface area contributed by atoms with Crippen LogP contribution in [-0.2, 0) is 6.54 Å². The quantitative estimate of drug-likeness (QED) is 0.910. The minimum Gasteiger partial charge on any atom is -0.355 e. The van der Waals surface area contributed by atoms with Gasteiger partial charge in [0.25, 0.3) is 11.8 Å². The lowest BCUT2D eigenvalue weighted by molar-refractivity contribution is 0.0942. The molecule has 2 N–H and O–H groups in total. The molecule has 2 amide bonds. The van der Waals surface area contributed by atoms with E-state index in [1.54, 1.807) is 24.3 Å². The van der Waals surface area contributed by atoms with E-state index in [-0.39, 0.29) is 18.0 Å². The van der Waals surface area contributed by atoms with E-state index >= 15 is 0 Å². The maximum atomic E-state index is 13.5. The zero-order chi connectivity index (χ0) is 16.1. The number of hydrogen-bond acceptors (Lipinski definition) is 2. The first-order valence-electron chi connectivity index (χ1n) is 6.55. The van der Waals surface area contributed by atoms with Crippen molar-refractivity contribution in [1.82, 2.24) is 10.6 Å². The van der Waals surface area contributed by atoms with Crippen LogP contribution < -0.4 is 10.6 Å². The maximum Gasteiger partial charge on any atom is 0.254 e. The van der Waals surface area contributed by atoms with Gasteiger partial charge in [0.05, 0.1) is 5.56 Å². The van der Waals surface area contributed by atoms with Crippen LogP contribution in [0.2, 0.25) is 0 Å². The minimum absolute atomic E-state index is 0.142. The van der Waals surface area contributed by atoms with Gasteiger partial charge in [0.1, 0.15) is 11.6 Å². The average Bonchev–Trinajstić information content (AvgIpc) is 2.54. The van der Waals surface area contributed by atoms with Crippen molar-refractivity contribution in [3.05, 3.63) is 70.8 Å². The van der Waals surface area contributed by atoms with Crippen LogP contribution >= 0.6 is 0 Å². The van der Waals surface area contributed by atoms with Crippen LogP contribution in [0.25, 0.3) is 0 Å². The molecular formula is C16H14F2N2O2. The lowest BCUT2D eigenvalue weighted by Crippen LogP contribution is -2.24. The van der Waals surface area contributed by atoms with Gasteiger partial charge in [-0.2, -0.15) is 0 Å². The zero-order valence-electron chi connectivity index (χ0n) is 11.8. The van der Waals surface area contributed by atoms with Crippen molar-refractivity contribution in [2.75, 3.05) is 7.05 Å². The second-order valence-electron chi connectivity index (χ2n) is 4.58. The van der Waals surface area contributed by atoms with Gasteiger partial charge < -0.3 is 10.6 Å². The van der Waals surface area contributed by atoms with Crippen molar-refractivity contribution in [2.45, 2.75) is 6.54 Å².